The molecular weight excluding hydrogens is 349 g/mol. The molecule has 1 aromatic rings. The number of nitriles is 1. The summed E-state index contributed by atoms with van der Waals surface area (Å²) in [5.74, 6) is -0.701. The van der Waals surface area contributed by atoms with Gasteiger partial charge in [0.05, 0.1) is 30.7 Å². The van der Waals surface area contributed by atoms with Gasteiger partial charge in [0.25, 0.3) is 0 Å². The van der Waals surface area contributed by atoms with Gasteiger partial charge in [-0.2, -0.15) is 5.26 Å². The highest BCUT2D eigenvalue weighted by atomic mass is 19.1. The topological polar surface area (TPSA) is 137 Å². The molecule has 9 heteroatoms. The van der Waals surface area contributed by atoms with Crippen LogP contribution in [0.5, 0.6) is 0 Å². The molecule has 0 radical (unpaired) electrons. The number of nitrogens with two attached hydrogens (primary N) is 2. The molecule has 2 rings (SSSR count). The van der Waals surface area contributed by atoms with Crippen molar-refractivity contribution in [1.82, 2.24) is 4.98 Å². The minimum Gasteiger partial charge on any atom is -0.402 e. The van der Waals surface area contributed by atoms with Crippen molar-refractivity contribution in [3.05, 3.63) is 29.2 Å². The van der Waals surface area contributed by atoms with Crippen molar-refractivity contribution < 1.29 is 9.13 Å². The van der Waals surface area contributed by atoms with Crippen LogP contribution in [-0.4, -0.2) is 42.8 Å². The van der Waals surface area contributed by atoms with Crippen LogP contribution in [0, 0.1) is 16.7 Å². The smallest absolute Gasteiger partial charge is 0.180 e. The molecule has 1 atom stereocenters. The Kier molecular flexibility index (Phi) is 6.13. The normalized spacial score (nSPS) is 18.9. The lowest BCUT2D eigenvalue weighted by Gasteiger charge is -2.35. The molecule has 1 aliphatic heterocycles. The lowest BCUT2D eigenvalue weighted by atomic mass is 9.83. The van der Waals surface area contributed by atoms with Crippen LogP contribution in [0.4, 0.5) is 16.0 Å². The highest BCUT2D eigenvalue weighted by Gasteiger charge is 2.29. The molecule has 0 aliphatic carbocycles. The number of hydrogen-bond acceptors (Lipinski definition) is 7. The molecule has 5 N–H and O–H groups in total. The van der Waals surface area contributed by atoms with E-state index in [1.165, 1.54) is 0 Å². The number of nitrogens with zero attached hydrogens (tertiary/aromatic N) is 4. The molecule has 0 unspecified atom stereocenters. The fourth-order valence-corrected chi connectivity index (χ4v) is 2.80. The molecule has 144 valence electrons. The van der Waals surface area contributed by atoms with Gasteiger partial charge >= 0.3 is 0 Å². The molecule has 0 aromatic carbocycles. The van der Waals surface area contributed by atoms with Gasteiger partial charge in [-0.3, -0.25) is 0 Å². The zero-order valence-electron chi connectivity index (χ0n) is 15.7. The summed E-state index contributed by atoms with van der Waals surface area (Å²) in [6.07, 6.45) is 1.75. The lowest BCUT2D eigenvalue weighted by Crippen LogP contribution is -2.44. The summed E-state index contributed by atoms with van der Waals surface area (Å²) in [7, 11) is 0. The average Bonchev–Trinajstić information content (AvgIpc) is 2.66. The minimum absolute atomic E-state index is 0.0602. The predicted octanol–water partition coefficient (Wildman–Crippen LogP) is 1.86. The average molecular weight is 373 g/mol. The van der Waals surface area contributed by atoms with Gasteiger partial charge in [0.2, 0.25) is 0 Å². The van der Waals surface area contributed by atoms with E-state index < -0.39 is 17.1 Å². The second-order valence-corrected chi connectivity index (χ2v) is 6.78. The van der Waals surface area contributed by atoms with Crippen LogP contribution in [0.25, 0.3) is 0 Å². The van der Waals surface area contributed by atoms with Crippen LogP contribution < -0.4 is 16.4 Å². The molecule has 1 aliphatic rings. The summed E-state index contributed by atoms with van der Waals surface area (Å²) in [4.78, 5) is 10.5. The predicted molar refractivity (Wildman–Crippen MR) is 103 cm³/mol. The molecule has 8 nitrogen and oxygen atoms in total. The van der Waals surface area contributed by atoms with E-state index in [9.17, 15) is 9.65 Å². The number of amidine groups is 1. The summed E-state index contributed by atoms with van der Waals surface area (Å²) < 4.78 is 19.1. The number of aromatic nitrogens is 1. The standard InChI is InChI=1S/C18H24FN7O/c1-11-9-27-5-4-26(11)15-6-13(18(2,3)10-22)12(7-20)17(24-15)25-16(23)14(19)8-21/h6-8,11,20H,4-5,9,21H2,1-3H3,(H2,23,24,25)/b14-8+,20-7?/t11-/m1/s1. The number of anilines is 1. The van der Waals surface area contributed by atoms with Crippen molar-refractivity contribution in [2.24, 2.45) is 16.5 Å². The summed E-state index contributed by atoms with van der Waals surface area (Å²) in [6, 6.07) is 4.06. The van der Waals surface area contributed by atoms with E-state index in [2.05, 4.69) is 16.0 Å². The Bertz CT molecular complexity index is 826. The number of rotatable bonds is 5. The molecule has 27 heavy (non-hydrogen) atoms. The fourth-order valence-electron chi connectivity index (χ4n) is 2.80. The largest absolute Gasteiger partial charge is 0.402 e. The number of nitrogens with one attached hydrogen (secondary N) is 1. The van der Waals surface area contributed by atoms with Gasteiger partial charge in [0, 0.05) is 24.5 Å². The van der Waals surface area contributed by atoms with E-state index in [0.717, 1.165) is 6.21 Å². The van der Waals surface area contributed by atoms with Crippen LogP contribution >= 0.6 is 0 Å². The molecule has 1 saturated heterocycles. The molecule has 0 saturated carbocycles. The van der Waals surface area contributed by atoms with Gasteiger partial charge in [-0.25, -0.2) is 14.4 Å². The summed E-state index contributed by atoms with van der Waals surface area (Å²) in [5.41, 5.74) is 10.8. The maximum Gasteiger partial charge on any atom is 0.180 e. The number of hydrogen-bond donors (Lipinski definition) is 3. The van der Waals surface area contributed by atoms with E-state index in [-0.39, 0.29) is 11.9 Å². The summed E-state index contributed by atoms with van der Waals surface area (Å²) in [5, 5.41) is 17.4. The second kappa shape index (κ2) is 8.14. The fraction of sp³-hybridized carbons (Fsp3) is 0.444. The Balaban J connectivity index is 2.73. The third kappa shape index (κ3) is 4.23. The first kappa shape index (κ1) is 20.3. The van der Waals surface area contributed by atoms with E-state index in [4.69, 9.17) is 21.6 Å². The third-order valence-electron chi connectivity index (χ3n) is 4.40. The van der Waals surface area contributed by atoms with Crippen molar-refractivity contribution >= 4 is 23.7 Å². The Labute approximate surface area is 157 Å². The SMILES string of the molecule is C[C@@H]1COCCN1c1cc(C(C)(C)C#N)c(C=N)c(N=C(N)/C(F)=C\N)n1. The quantitative estimate of drug-likeness (QED) is 0.532. The highest BCUT2D eigenvalue weighted by Crippen LogP contribution is 2.34. The Morgan fingerprint density at radius 3 is 2.85 bits per heavy atom. The molecule has 1 aromatic heterocycles. The van der Waals surface area contributed by atoms with Crippen molar-refractivity contribution in [1.29, 1.82) is 10.7 Å². The van der Waals surface area contributed by atoms with Gasteiger partial charge in [-0.05, 0) is 32.4 Å². The molecule has 0 amide bonds. The van der Waals surface area contributed by atoms with Crippen LogP contribution in [0.1, 0.15) is 31.9 Å². The van der Waals surface area contributed by atoms with Crippen LogP contribution in [0.3, 0.4) is 0 Å². The summed E-state index contributed by atoms with van der Waals surface area (Å²) in [6.45, 7) is 7.16. The van der Waals surface area contributed by atoms with Crippen molar-refractivity contribution in [2.45, 2.75) is 32.2 Å². The zero-order valence-corrected chi connectivity index (χ0v) is 15.7. The van der Waals surface area contributed by atoms with Crippen molar-refractivity contribution in [3.63, 3.8) is 0 Å². The van der Waals surface area contributed by atoms with Gasteiger partial charge < -0.3 is 26.5 Å². The lowest BCUT2D eigenvalue weighted by molar-refractivity contribution is 0.0985. The first-order valence-electron chi connectivity index (χ1n) is 8.48. The van der Waals surface area contributed by atoms with Crippen molar-refractivity contribution in [3.8, 4) is 6.07 Å². The number of morpholine rings is 1. The molecule has 1 fully saturated rings. The van der Waals surface area contributed by atoms with E-state index >= 15 is 0 Å². The molecular formula is C18H24FN7O. The van der Waals surface area contributed by atoms with Gasteiger partial charge in [-0.1, -0.05) is 0 Å². The summed E-state index contributed by atoms with van der Waals surface area (Å²) >= 11 is 0. The van der Waals surface area contributed by atoms with Crippen molar-refractivity contribution in [2.75, 3.05) is 24.7 Å². The molecule has 0 spiro atoms. The molecule has 2 heterocycles. The third-order valence-corrected chi connectivity index (χ3v) is 4.40. The first-order chi connectivity index (χ1) is 12.7. The first-order valence-corrected chi connectivity index (χ1v) is 8.48. The van der Waals surface area contributed by atoms with Crippen LogP contribution in [0.15, 0.2) is 23.1 Å². The maximum absolute atomic E-state index is 13.7. The minimum atomic E-state index is -0.915. The van der Waals surface area contributed by atoms with E-state index in [1.54, 1.807) is 19.9 Å². The van der Waals surface area contributed by atoms with Crippen LogP contribution in [-0.2, 0) is 10.2 Å². The van der Waals surface area contributed by atoms with Gasteiger partial charge in [0.1, 0.15) is 5.82 Å². The van der Waals surface area contributed by atoms with E-state index in [1.807, 2.05) is 11.8 Å². The Hall–Kier alpha value is -2.99. The number of halogens is 1. The highest BCUT2D eigenvalue weighted by molar-refractivity contribution is 5.98. The number of ether oxygens (including phenoxy) is 1. The van der Waals surface area contributed by atoms with Crippen LogP contribution in [0.2, 0.25) is 0 Å². The maximum atomic E-state index is 13.7. The monoisotopic (exact) mass is 373 g/mol. The Morgan fingerprint density at radius 1 is 1.59 bits per heavy atom. The van der Waals surface area contributed by atoms with E-state index in [0.29, 0.717) is 42.9 Å². The second-order valence-electron chi connectivity index (χ2n) is 6.78. The number of pyridine rings is 1. The zero-order chi connectivity index (χ0) is 20.2. The Morgan fingerprint density at radius 2 is 2.30 bits per heavy atom. The number of aliphatic imine (C=N–C) groups is 1. The van der Waals surface area contributed by atoms with Gasteiger partial charge in [-0.15, -0.1) is 0 Å². The molecule has 0 bridgehead atoms. The van der Waals surface area contributed by atoms with Gasteiger partial charge in [0.15, 0.2) is 17.5 Å².